The summed E-state index contributed by atoms with van der Waals surface area (Å²) in [4.78, 5) is 12.1. The van der Waals surface area contributed by atoms with Crippen LogP contribution in [0.1, 0.15) is 30.1 Å². The molecule has 1 aromatic carbocycles. The molecule has 0 unspecified atom stereocenters. The molecule has 0 aromatic heterocycles. The smallest absolute Gasteiger partial charge is 0.255 e. The molecule has 1 aromatic rings. The maximum absolute atomic E-state index is 12.1. The molecule has 19 heavy (non-hydrogen) atoms. The minimum atomic E-state index is -0.846. The molecule has 0 saturated heterocycles. The van der Waals surface area contributed by atoms with Crippen molar-refractivity contribution >= 4 is 17.5 Å². The zero-order valence-electron chi connectivity index (χ0n) is 11.1. The Morgan fingerprint density at radius 3 is 2.84 bits per heavy atom. The third-order valence-electron chi connectivity index (χ3n) is 3.47. The number of carbonyl (C=O) groups excluding carboxylic acids is 1. The van der Waals surface area contributed by atoms with E-state index < -0.39 is 5.60 Å². The van der Waals surface area contributed by atoms with E-state index in [2.05, 4.69) is 5.32 Å². The van der Waals surface area contributed by atoms with Gasteiger partial charge in [-0.15, -0.1) is 0 Å². The molecule has 1 aliphatic rings. The van der Waals surface area contributed by atoms with Crippen molar-refractivity contribution in [3.63, 3.8) is 0 Å². The van der Waals surface area contributed by atoms with E-state index >= 15 is 0 Å². The third-order valence-corrected chi connectivity index (χ3v) is 3.70. The molecule has 104 valence electrons. The first kappa shape index (κ1) is 14.2. The Morgan fingerprint density at radius 1 is 1.58 bits per heavy atom. The molecule has 0 aliphatic heterocycles. The van der Waals surface area contributed by atoms with E-state index in [0.717, 1.165) is 12.8 Å². The molecule has 0 bridgehead atoms. The third kappa shape index (κ3) is 3.39. The molecule has 1 amide bonds. The zero-order chi connectivity index (χ0) is 14.0. The van der Waals surface area contributed by atoms with E-state index in [1.807, 2.05) is 0 Å². The van der Waals surface area contributed by atoms with Crippen LogP contribution in [-0.2, 0) is 0 Å². The van der Waals surface area contributed by atoms with Gasteiger partial charge in [-0.25, -0.2) is 0 Å². The van der Waals surface area contributed by atoms with E-state index in [1.54, 1.807) is 25.1 Å². The minimum absolute atomic E-state index is 0.228. The molecule has 5 heteroatoms. The van der Waals surface area contributed by atoms with Gasteiger partial charge in [0.05, 0.1) is 18.3 Å². The summed E-state index contributed by atoms with van der Waals surface area (Å²) in [6.45, 7) is 1.98. The molecule has 0 spiro atoms. The van der Waals surface area contributed by atoms with Crippen LogP contribution in [0.4, 0.5) is 0 Å². The Balaban J connectivity index is 2.05. The lowest BCUT2D eigenvalue weighted by atomic mass is 10.0. The lowest BCUT2D eigenvalue weighted by molar-refractivity contribution is 0.0354. The van der Waals surface area contributed by atoms with Crippen molar-refractivity contribution in [2.24, 2.45) is 5.92 Å². The Bertz CT molecular complexity index is 484. The fourth-order valence-electron chi connectivity index (χ4n) is 2.06. The van der Waals surface area contributed by atoms with E-state index in [1.165, 1.54) is 7.11 Å². The lowest BCUT2D eigenvalue weighted by Gasteiger charge is -2.23. The van der Waals surface area contributed by atoms with Crippen LogP contribution in [0.2, 0.25) is 5.02 Å². The van der Waals surface area contributed by atoms with Crippen LogP contribution in [0, 0.1) is 5.92 Å². The van der Waals surface area contributed by atoms with Gasteiger partial charge in [0, 0.05) is 11.6 Å². The Labute approximate surface area is 117 Å². The summed E-state index contributed by atoms with van der Waals surface area (Å²) in [6.07, 6.45) is 2.03. The largest absolute Gasteiger partial charge is 0.496 e. The van der Waals surface area contributed by atoms with Crippen molar-refractivity contribution in [2.45, 2.75) is 25.4 Å². The molecule has 4 nitrogen and oxygen atoms in total. The molecule has 1 fully saturated rings. The number of amides is 1. The number of hydrogen-bond donors (Lipinski definition) is 2. The van der Waals surface area contributed by atoms with E-state index in [0.29, 0.717) is 16.3 Å². The van der Waals surface area contributed by atoms with Crippen molar-refractivity contribution in [3.8, 4) is 5.75 Å². The summed E-state index contributed by atoms with van der Waals surface area (Å²) >= 11 is 5.88. The summed E-state index contributed by atoms with van der Waals surface area (Å²) in [6, 6.07) is 4.87. The average Bonchev–Trinajstić information content (AvgIpc) is 3.20. The number of hydrogen-bond acceptors (Lipinski definition) is 3. The van der Waals surface area contributed by atoms with Crippen molar-refractivity contribution < 1.29 is 14.6 Å². The SMILES string of the molecule is COc1ccc(Cl)cc1C(=O)NC[C@](C)(O)C1CC1. The van der Waals surface area contributed by atoms with Crippen LogP contribution in [0.3, 0.4) is 0 Å². The molecule has 1 aliphatic carbocycles. The van der Waals surface area contributed by atoms with Gasteiger partial charge in [0.2, 0.25) is 0 Å². The van der Waals surface area contributed by atoms with Crippen LogP contribution < -0.4 is 10.1 Å². The summed E-state index contributed by atoms with van der Waals surface area (Å²) in [5.74, 6) is 0.460. The van der Waals surface area contributed by atoms with Gasteiger partial charge in [0.15, 0.2) is 0 Å². The second-order valence-corrected chi connectivity index (χ2v) is 5.60. The molecule has 2 N–H and O–H groups in total. The quantitative estimate of drug-likeness (QED) is 0.871. The number of ether oxygens (including phenoxy) is 1. The van der Waals surface area contributed by atoms with Crippen molar-refractivity contribution in [2.75, 3.05) is 13.7 Å². The number of carbonyl (C=O) groups is 1. The van der Waals surface area contributed by atoms with Gasteiger partial charge in [-0.05, 0) is 43.9 Å². The van der Waals surface area contributed by atoms with Crippen LogP contribution in [0.15, 0.2) is 18.2 Å². The van der Waals surface area contributed by atoms with Gasteiger partial charge >= 0.3 is 0 Å². The number of benzene rings is 1. The maximum atomic E-state index is 12.1. The summed E-state index contributed by atoms with van der Waals surface area (Å²) in [5, 5.41) is 13.4. The second-order valence-electron chi connectivity index (χ2n) is 5.16. The second kappa shape index (κ2) is 5.39. The van der Waals surface area contributed by atoms with Crippen LogP contribution in [0.25, 0.3) is 0 Å². The van der Waals surface area contributed by atoms with Gasteiger partial charge in [-0.3, -0.25) is 4.79 Å². The fourth-order valence-corrected chi connectivity index (χ4v) is 2.23. The fraction of sp³-hybridized carbons (Fsp3) is 0.500. The highest BCUT2D eigenvalue weighted by atomic mass is 35.5. The standard InChI is InChI=1S/C14H18ClNO3/c1-14(18,9-3-4-9)8-16-13(17)11-7-10(15)5-6-12(11)19-2/h5-7,9,18H,3-4,8H2,1-2H3,(H,16,17)/t14-/m0/s1. The highest BCUT2D eigenvalue weighted by molar-refractivity contribution is 6.31. The Kier molecular flexibility index (Phi) is 4.02. The van der Waals surface area contributed by atoms with E-state index in [-0.39, 0.29) is 18.4 Å². The van der Waals surface area contributed by atoms with Gasteiger partial charge in [-0.2, -0.15) is 0 Å². The number of methoxy groups -OCH3 is 1. The number of nitrogens with one attached hydrogen (secondary N) is 1. The van der Waals surface area contributed by atoms with Crippen LogP contribution >= 0.6 is 11.6 Å². The molecular formula is C14H18ClNO3. The summed E-state index contributed by atoms with van der Waals surface area (Å²) in [7, 11) is 1.50. The highest BCUT2D eigenvalue weighted by Crippen LogP contribution is 2.39. The number of halogens is 1. The van der Waals surface area contributed by atoms with Gasteiger partial charge in [0.25, 0.3) is 5.91 Å². The average molecular weight is 284 g/mol. The molecule has 0 radical (unpaired) electrons. The van der Waals surface area contributed by atoms with Crippen molar-refractivity contribution in [3.05, 3.63) is 28.8 Å². The Hall–Kier alpha value is -1.26. The molecular weight excluding hydrogens is 266 g/mol. The van der Waals surface area contributed by atoms with Gasteiger partial charge in [-0.1, -0.05) is 11.6 Å². The summed E-state index contributed by atoms with van der Waals surface area (Å²) in [5.41, 5.74) is -0.469. The minimum Gasteiger partial charge on any atom is -0.496 e. The first-order chi connectivity index (χ1) is 8.94. The monoisotopic (exact) mass is 283 g/mol. The van der Waals surface area contributed by atoms with Crippen LogP contribution in [0.5, 0.6) is 5.75 Å². The van der Waals surface area contributed by atoms with Gasteiger partial charge in [0.1, 0.15) is 5.75 Å². The molecule has 1 atom stereocenters. The summed E-state index contributed by atoms with van der Waals surface area (Å²) < 4.78 is 5.13. The first-order valence-electron chi connectivity index (χ1n) is 6.28. The first-order valence-corrected chi connectivity index (χ1v) is 6.66. The van der Waals surface area contributed by atoms with Gasteiger partial charge < -0.3 is 15.2 Å². The number of aliphatic hydroxyl groups is 1. The normalized spacial score (nSPS) is 17.7. The zero-order valence-corrected chi connectivity index (χ0v) is 11.8. The molecule has 2 rings (SSSR count). The van der Waals surface area contributed by atoms with E-state index in [9.17, 15) is 9.90 Å². The molecule has 1 saturated carbocycles. The lowest BCUT2D eigenvalue weighted by Crippen LogP contribution is -2.42. The van der Waals surface area contributed by atoms with Crippen molar-refractivity contribution in [1.29, 1.82) is 0 Å². The molecule has 0 heterocycles. The predicted molar refractivity (Wildman–Crippen MR) is 73.7 cm³/mol. The van der Waals surface area contributed by atoms with Crippen molar-refractivity contribution in [1.82, 2.24) is 5.32 Å². The highest BCUT2D eigenvalue weighted by Gasteiger charge is 2.40. The van der Waals surface area contributed by atoms with E-state index in [4.69, 9.17) is 16.3 Å². The Morgan fingerprint density at radius 2 is 2.26 bits per heavy atom. The maximum Gasteiger partial charge on any atom is 0.255 e. The number of rotatable bonds is 5. The van der Waals surface area contributed by atoms with Crippen LogP contribution in [-0.4, -0.2) is 30.3 Å². The predicted octanol–water partition coefficient (Wildman–Crippen LogP) is 2.24. The topological polar surface area (TPSA) is 58.6 Å².